The van der Waals surface area contributed by atoms with Crippen LogP contribution in [-0.2, 0) is 16.0 Å². The van der Waals surface area contributed by atoms with Gasteiger partial charge in [0.05, 0.1) is 12.2 Å². The molecule has 0 bridgehead atoms. The van der Waals surface area contributed by atoms with Crippen molar-refractivity contribution in [2.45, 2.75) is 71.0 Å². The number of Topliss-reactive ketones (excluding diaryl/α,β-unsaturated/α-hetero) is 1. The van der Waals surface area contributed by atoms with E-state index in [0.717, 1.165) is 5.56 Å². The van der Waals surface area contributed by atoms with E-state index in [1.165, 1.54) is 0 Å². The molecule has 1 aliphatic rings. The monoisotopic (exact) mass is 402 g/mol. The van der Waals surface area contributed by atoms with Crippen LogP contribution in [0.15, 0.2) is 42.5 Å². The van der Waals surface area contributed by atoms with Gasteiger partial charge in [0.2, 0.25) is 0 Å². The Morgan fingerprint density at radius 1 is 1.21 bits per heavy atom. The summed E-state index contributed by atoms with van der Waals surface area (Å²) in [6.07, 6.45) is 6.27. The number of hydrogen-bond acceptors (Lipinski definition) is 4. The van der Waals surface area contributed by atoms with E-state index in [2.05, 4.69) is 0 Å². The summed E-state index contributed by atoms with van der Waals surface area (Å²) in [5.74, 6) is -1.17. The summed E-state index contributed by atoms with van der Waals surface area (Å²) in [6, 6.07) is 9.81. The Morgan fingerprint density at radius 3 is 2.55 bits per heavy atom. The third-order valence-electron chi connectivity index (χ3n) is 6.10. The van der Waals surface area contributed by atoms with E-state index in [4.69, 9.17) is 5.11 Å². The molecule has 29 heavy (non-hydrogen) atoms. The largest absolute Gasteiger partial charge is 0.481 e. The second-order valence-corrected chi connectivity index (χ2v) is 8.72. The van der Waals surface area contributed by atoms with Gasteiger partial charge in [0.15, 0.2) is 0 Å². The van der Waals surface area contributed by atoms with Crippen LogP contribution in [-0.4, -0.2) is 39.3 Å². The lowest BCUT2D eigenvalue weighted by atomic mass is 9.84. The van der Waals surface area contributed by atoms with Gasteiger partial charge in [0.25, 0.3) is 0 Å². The maximum atomic E-state index is 12.9. The van der Waals surface area contributed by atoms with Crippen LogP contribution in [0.4, 0.5) is 0 Å². The lowest BCUT2D eigenvalue weighted by molar-refractivity contribution is -0.137. The number of unbranched alkanes of at least 4 members (excludes halogenated alkanes) is 1. The lowest BCUT2D eigenvalue weighted by Crippen LogP contribution is -2.32. The average Bonchev–Trinajstić information content (AvgIpc) is 2.83. The SMILES string of the molecule is CC1(C)C(=O)C(C/C=C/CCCC(=O)O)C(CCC(O)Cc2ccccc2)C1O. The van der Waals surface area contributed by atoms with Crippen LogP contribution in [0.25, 0.3) is 0 Å². The molecule has 1 aromatic rings. The van der Waals surface area contributed by atoms with Gasteiger partial charge in [-0.05, 0) is 50.0 Å². The third-order valence-corrected chi connectivity index (χ3v) is 6.10. The fourth-order valence-electron chi connectivity index (χ4n) is 4.32. The molecule has 0 aromatic heterocycles. The number of carbonyl (C=O) groups is 2. The molecule has 0 spiro atoms. The van der Waals surface area contributed by atoms with Crippen LogP contribution in [0.2, 0.25) is 0 Å². The van der Waals surface area contributed by atoms with Gasteiger partial charge in [0, 0.05) is 17.8 Å². The van der Waals surface area contributed by atoms with E-state index in [1.807, 2.05) is 42.5 Å². The molecular formula is C24H34O5. The highest BCUT2D eigenvalue weighted by Gasteiger charge is 2.53. The molecule has 4 atom stereocenters. The maximum absolute atomic E-state index is 12.9. The van der Waals surface area contributed by atoms with Crippen molar-refractivity contribution in [2.75, 3.05) is 0 Å². The Labute approximate surface area is 173 Å². The molecule has 0 heterocycles. The first-order chi connectivity index (χ1) is 13.7. The molecule has 5 nitrogen and oxygen atoms in total. The molecule has 1 fully saturated rings. The minimum atomic E-state index is -0.802. The topological polar surface area (TPSA) is 94.8 Å². The normalized spacial score (nSPS) is 24.8. The lowest BCUT2D eigenvalue weighted by Gasteiger charge is -2.25. The molecule has 0 amide bonds. The van der Waals surface area contributed by atoms with Gasteiger partial charge in [-0.3, -0.25) is 9.59 Å². The summed E-state index contributed by atoms with van der Waals surface area (Å²) in [5, 5.41) is 29.9. The summed E-state index contributed by atoms with van der Waals surface area (Å²) in [5.41, 5.74) is 0.292. The van der Waals surface area contributed by atoms with Gasteiger partial charge in [0.1, 0.15) is 5.78 Å². The summed E-state index contributed by atoms with van der Waals surface area (Å²) < 4.78 is 0. The highest BCUT2D eigenvalue weighted by atomic mass is 16.4. The molecule has 0 saturated heterocycles. The zero-order valence-corrected chi connectivity index (χ0v) is 17.5. The van der Waals surface area contributed by atoms with Crippen molar-refractivity contribution in [2.24, 2.45) is 17.3 Å². The minimum Gasteiger partial charge on any atom is -0.481 e. The number of aliphatic hydroxyl groups is 2. The Balaban J connectivity index is 1.92. The van der Waals surface area contributed by atoms with Crippen molar-refractivity contribution >= 4 is 11.8 Å². The maximum Gasteiger partial charge on any atom is 0.303 e. The Bertz CT molecular complexity index is 694. The summed E-state index contributed by atoms with van der Waals surface area (Å²) in [6.45, 7) is 3.59. The fourth-order valence-corrected chi connectivity index (χ4v) is 4.32. The van der Waals surface area contributed by atoms with Crippen LogP contribution < -0.4 is 0 Å². The van der Waals surface area contributed by atoms with Gasteiger partial charge in [-0.2, -0.15) is 0 Å². The first-order valence-corrected chi connectivity index (χ1v) is 10.5. The van der Waals surface area contributed by atoms with Crippen molar-refractivity contribution in [1.82, 2.24) is 0 Å². The number of carboxylic acid groups (broad SMARTS) is 1. The van der Waals surface area contributed by atoms with Crippen LogP contribution >= 0.6 is 0 Å². The number of hydrogen-bond donors (Lipinski definition) is 3. The average molecular weight is 403 g/mol. The first-order valence-electron chi connectivity index (χ1n) is 10.5. The molecular weight excluding hydrogens is 368 g/mol. The zero-order valence-electron chi connectivity index (χ0n) is 17.5. The number of rotatable bonds is 11. The van der Waals surface area contributed by atoms with E-state index in [1.54, 1.807) is 13.8 Å². The van der Waals surface area contributed by atoms with Crippen LogP contribution in [0.5, 0.6) is 0 Å². The molecule has 1 saturated carbocycles. The number of aliphatic carboxylic acids is 1. The number of allylic oxidation sites excluding steroid dienone is 2. The quantitative estimate of drug-likeness (QED) is 0.387. The van der Waals surface area contributed by atoms with Gasteiger partial charge in [-0.15, -0.1) is 0 Å². The Kier molecular flexibility index (Phi) is 8.60. The Hall–Kier alpha value is -1.98. The molecule has 4 unspecified atom stereocenters. The number of benzene rings is 1. The minimum absolute atomic E-state index is 0.0720. The Morgan fingerprint density at radius 2 is 1.90 bits per heavy atom. The van der Waals surface area contributed by atoms with Crippen molar-refractivity contribution in [1.29, 1.82) is 0 Å². The van der Waals surface area contributed by atoms with E-state index in [-0.39, 0.29) is 24.0 Å². The number of aliphatic hydroxyl groups excluding tert-OH is 2. The molecule has 1 aromatic carbocycles. The van der Waals surface area contributed by atoms with Crippen molar-refractivity contribution in [3.05, 3.63) is 48.0 Å². The van der Waals surface area contributed by atoms with E-state index >= 15 is 0 Å². The number of ketones is 1. The van der Waals surface area contributed by atoms with Gasteiger partial charge in [-0.1, -0.05) is 56.3 Å². The first kappa shape index (κ1) is 23.3. The molecule has 0 radical (unpaired) electrons. The fraction of sp³-hybridized carbons (Fsp3) is 0.583. The predicted molar refractivity (Wildman–Crippen MR) is 112 cm³/mol. The molecule has 2 rings (SSSR count). The predicted octanol–water partition coefficient (Wildman–Crippen LogP) is 3.77. The second-order valence-electron chi connectivity index (χ2n) is 8.72. The third kappa shape index (κ3) is 6.51. The molecule has 1 aliphatic carbocycles. The van der Waals surface area contributed by atoms with Crippen LogP contribution in [0.1, 0.15) is 57.9 Å². The standard InChI is InChI=1S/C24H34O5/c1-24(2)22(28)19(12-8-3-4-9-13-21(26)27)20(23(24)29)15-14-18(25)16-17-10-6-5-7-11-17/h3,5-8,10-11,18-20,23,25,29H,4,9,12-16H2,1-2H3,(H,26,27)/b8-3+. The molecule has 3 N–H and O–H groups in total. The van der Waals surface area contributed by atoms with E-state index in [9.17, 15) is 19.8 Å². The second kappa shape index (κ2) is 10.7. The summed E-state index contributed by atoms with van der Waals surface area (Å²) >= 11 is 0. The molecule has 5 heteroatoms. The van der Waals surface area contributed by atoms with Gasteiger partial charge in [-0.25, -0.2) is 0 Å². The van der Waals surface area contributed by atoms with Crippen molar-refractivity contribution in [3.8, 4) is 0 Å². The highest BCUT2D eigenvalue weighted by molar-refractivity contribution is 5.90. The van der Waals surface area contributed by atoms with Gasteiger partial charge >= 0.3 is 5.97 Å². The molecule has 0 aliphatic heterocycles. The number of carboxylic acids is 1. The van der Waals surface area contributed by atoms with E-state index < -0.39 is 23.6 Å². The summed E-state index contributed by atoms with van der Waals surface area (Å²) in [7, 11) is 0. The van der Waals surface area contributed by atoms with Gasteiger partial charge < -0.3 is 15.3 Å². The molecule has 160 valence electrons. The number of carbonyl (C=O) groups excluding carboxylic acids is 1. The summed E-state index contributed by atoms with van der Waals surface area (Å²) in [4.78, 5) is 23.4. The van der Waals surface area contributed by atoms with Crippen LogP contribution in [0, 0.1) is 17.3 Å². The van der Waals surface area contributed by atoms with Crippen molar-refractivity contribution in [3.63, 3.8) is 0 Å². The smallest absolute Gasteiger partial charge is 0.303 e. The van der Waals surface area contributed by atoms with Crippen molar-refractivity contribution < 1.29 is 24.9 Å². The zero-order chi connectivity index (χ0) is 21.4. The van der Waals surface area contributed by atoms with E-state index in [0.29, 0.717) is 38.5 Å². The highest BCUT2D eigenvalue weighted by Crippen LogP contribution is 2.46. The van der Waals surface area contributed by atoms with Crippen LogP contribution in [0.3, 0.4) is 0 Å².